The molecule has 1 aromatic carbocycles. The first-order valence-corrected chi connectivity index (χ1v) is 7.25. The summed E-state index contributed by atoms with van der Waals surface area (Å²) in [4.78, 5) is 10.7. The molecule has 0 aliphatic carbocycles. The Morgan fingerprint density at radius 1 is 1.50 bits per heavy atom. The predicted octanol–water partition coefficient (Wildman–Crippen LogP) is 1.23. The van der Waals surface area contributed by atoms with Gasteiger partial charge in [-0.15, -0.1) is 0 Å². The maximum absolute atomic E-state index is 10.7. The van der Waals surface area contributed by atoms with Gasteiger partial charge in [-0.1, -0.05) is 12.1 Å². The van der Waals surface area contributed by atoms with E-state index in [0.29, 0.717) is 5.75 Å². The largest absolute Gasteiger partial charge is 0.484 e. The number of nitrogens with zero attached hydrogens (tertiary/aromatic N) is 2. The Hall–Kier alpha value is -2.34. The SMILES string of the molecule is Cc1cnn(C[C@@H](C)NCc2cccc(OCC(N)=O)c2)c1. The van der Waals surface area contributed by atoms with E-state index in [2.05, 4.69) is 17.3 Å². The van der Waals surface area contributed by atoms with E-state index in [-0.39, 0.29) is 12.6 Å². The molecule has 0 spiro atoms. The first-order valence-electron chi connectivity index (χ1n) is 7.25. The third kappa shape index (κ3) is 5.21. The molecule has 2 aromatic rings. The van der Waals surface area contributed by atoms with Crippen LogP contribution in [0.25, 0.3) is 0 Å². The Labute approximate surface area is 130 Å². The van der Waals surface area contributed by atoms with Gasteiger partial charge >= 0.3 is 0 Å². The number of hydrogen-bond donors (Lipinski definition) is 2. The Morgan fingerprint density at radius 2 is 2.32 bits per heavy atom. The lowest BCUT2D eigenvalue weighted by Gasteiger charge is -2.14. The maximum Gasteiger partial charge on any atom is 0.255 e. The number of nitrogens with one attached hydrogen (secondary N) is 1. The summed E-state index contributed by atoms with van der Waals surface area (Å²) in [5.41, 5.74) is 7.31. The van der Waals surface area contributed by atoms with Crippen molar-refractivity contribution < 1.29 is 9.53 Å². The van der Waals surface area contributed by atoms with Crippen molar-refractivity contribution in [2.45, 2.75) is 33.0 Å². The van der Waals surface area contributed by atoms with Crippen LogP contribution in [-0.2, 0) is 17.9 Å². The van der Waals surface area contributed by atoms with Crippen molar-refractivity contribution in [1.29, 1.82) is 0 Å². The molecule has 0 aliphatic rings. The van der Waals surface area contributed by atoms with Gasteiger partial charge in [-0.05, 0) is 37.1 Å². The highest BCUT2D eigenvalue weighted by Gasteiger charge is 2.05. The molecule has 0 aliphatic heterocycles. The van der Waals surface area contributed by atoms with Crippen molar-refractivity contribution in [3.05, 3.63) is 47.8 Å². The molecular formula is C16H22N4O2. The number of nitrogens with two attached hydrogens (primary N) is 1. The number of benzene rings is 1. The lowest BCUT2D eigenvalue weighted by atomic mass is 10.2. The quantitative estimate of drug-likeness (QED) is 0.768. The van der Waals surface area contributed by atoms with Gasteiger partial charge in [0.15, 0.2) is 6.61 Å². The summed E-state index contributed by atoms with van der Waals surface area (Å²) in [6.07, 6.45) is 3.88. The monoisotopic (exact) mass is 302 g/mol. The van der Waals surface area contributed by atoms with Gasteiger partial charge in [0.05, 0.1) is 12.7 Å². The van der Waals surface area contributed by atoms with Crippen molar-refractivity contribution in [3.8, 4) is 5.75 Å². The second kappa shape index (κ2) is 7.61. The van der Waals surface area contributed by atoms with Gasteiger partial charge in [-0.25, -0.2) is 0 Å². The fraction of sp³-hybridized carbons (Fsp3) is 0.375. The standard InChI is InChI=1S/C16H22N4O2/c1-12-7-19-20(9-12)10-13(2)18-8-14-4-3-5-15(6-14)22-11-16(17)21/h3-7,9,13,18H,8,10-11H2,1-2H3,(H2,17,21)/t13-/m1/s1. The van der Waals surface area contributed by atoms with Crippen LogP contribution in [0.2, 0.25) is 0 Å². The van der Waals surface area contributed by atoms with Gasteiger partial charge < -0.3 is 15.8 Å². The molecule has 0 fully saturated rings. The Kier molecular flexibility index (Phi) is 5.55. The topological polar surface area (TPSA) is 82.2 Å². The number of carbonyl (C=O) groups excluding carboxylic acids is 1. The average molecular weight is 302 g/mol. The number of rotatable bonds is 8. The first-order chi connectivity index (χ1) is 10.5. The number of ether oxygens (including phenoxy) is 1. The van der Waals surface area contributed by atoms with E-state index in [4.69, 9.17) is 10.5 Å². The van der Waals surface area contributed by atoms with Crippen LogP contribution in [0.15, 0.2) is 36.7 Å². The van der Waals surface area contributed by atoms with Gasteiger partial charge in [-0.2, -0.15) is 5.10 Å². The molecule has 3 N–H and O–H groups in total. The second-order valence-corrected chi connectivity index (χ2v) is 5.42. The minimum absolute atomic E-state index is 0.105. The molecule has 1 heterocycles. The third-order valence-corrected chi connectivity index (χ3v) is 3.16. The molecule has 6 nitrogen and oxygen atoms in total. The zero-order chi connectivity index (χ0) is 15.9. The van der Waals surface area contributed by atoms with Crippen LogP contribution in [0, 0.1) is 6.92 Å². The molecule has 22 heavy (non-hydrogen) atoms. The molecule has 118 valence electrons. The van der Waals surface area contributed by atoms with Crippen LogP contribution in [0.3, 0.4) is 0 Å². The fourth-order valence-electron chi connectivity index (χ4n) is 2.10. The third-order valence-electron chi connectivity index (χ3n) is 3.16. The minimum atomic E-state index is -0.480. The van der Waals surface area contributed by atoms with Crippen LogP contribution in [0.1, 0.15) is 18.1 Å². The first kappa shape index (κ1) is 16.0. The molecular weight excluding hydrogens is 280 g/mol. The molecule has 0 bridgehead atoms. The second-order valence-electron chi connectivity index (χ2n) is 5.42. The Bertz CT molecular complexity index is 624. The average Bonchev–Trinajstić information content (AvgIpc) is 2.88. The summed E-state index contributed by atoms with van der Waals surface area (Å²) in [5, 5.41) is 7.72. The summed E-state index contributed by atoms with van der Waals surface area (Å²) in [5.74, 6) is 0.167. The van der Waals surface area contributed by atoms with Gasteiger partial charge in [0.1, 0.15) is 5.75 Å². The smallest absolute Gasteiger partial charge is 0.255 e. The number of aromatic nitrogens is 2. The fourth-order valence-corrected chi connectivity index (χ4v) is 2.10. The maximum atomic E-state index is 10.7. The van der Waals surface area contributed by atoms with E-state index in [1.165, 1.54) is 0 Å². The van der Waals surface area contributed by atoms with Gasteiger partial charge in [0, 0.05) is 18.8 Å². The molecule has 2 rings (SSSR count). The number of carbonyl (C=O) groups is 1. The molecule has 0 radical (unpaired) electrons. The highest BCUT2D eigenvalue weighted by Crippen LogP contribution is 2.13. The summed E-state index contributed by atoms with van der Waals surface area (Å²) in [6.45, 7) is 5.57. The van der Waals surface area contributed by atoms with Crippen molar-refractivity contribution >= 4 is 5.91 Å². The van der Waals surface area contributed by atoms with Crippen molar-refractivity contribution in [3.63, 3.8) is 0 Å². The zero-order valence-corrected chi connectivity index (χ0v) is 13.0. The van der Waals surface area contributed by atoms with Gasteiger partial charge in [-0.3, -0.25) is 9.48 Å². The number of primary amides is 1. The summed E-state index contributed by atoms with van der Waals surface area (Å²) < 4.78 is 7.23. The summed E-state index contributed by atoms with van der Waals surface area (Å²) in [7, 11) is 0. The Balaban J connectivity index is 1.82. The summed E-state index contributed by atoms with van der Waals surface area (Å²) >= 11 is 0. The predicted molar refractivity (Wildman–Crippen MR) is 84.4 cm³/mol. The van der Waals surface area contributed by atoms with Crippen molar-refractivity contribution in [2.24, 2.45) is 5.73 Å². The Morgan fingerprint density at radius 3 is 3.00 bits per heavy atom. The van der Waals surface area contributed by atoms with Crippen LogP contribution >= 0.6 is 0 Å². The van der Waals surface area contributed by atoms with E-state index < -0.39 is 5.91 Å². The van der Waals surface area contributed by atoms with Gasteiger partial charge in [0.2, 0.25) is 0 Å². The van der Waals surface area contributed by atoms with Crippen LogP contribution in [0.5, 0.6) is 5.75 Å². The van der Waals surface area contributed by atoms with E-state index in [1.807, 2.05) is 48.3 Å². The van der Waals surface area contributed by atoms with Crippen molar-refractivity contribution in [2.75, 3.05) is 6.61 Å². The molecule has 0 unspecified atom stereocenters. The summed E-state index contributed by atoms with van der Waals surface area (Å²) in [6, 6.07) is 7.90. The lowest BCUT2D eigenvalue weighted by molar-refractivity contribution is -0.119. The molecule has 1 amide bonds. The number of amides is 1. The van der Waals surface area contributed by atoms with E-state index in [9.17, 15) is 4.79 Å². The normalized spacial score (nSPS) is 12.1. The van der Waals surface area contributed by atoms with E-state index in [1.54, 1.807) is 0 Å². The van der Waals surface area contributed by atoms with E-state index in [0.717, 1.165) is 24.2 Å². The molecule has 0 saturated heterocycles. The lowest BCUT2D eigenvalue weighted by Crippen LogP contribution is -2.30. The zero-order valence-electron chi connectivity index (χ0n) is 13.0. The highest BCUT2D eigenvalue weighted by molar-refractivity contribution is 5.75. The molecule has 1 aromatic heterocycles. The van der Waals surface area contributed by atoms with Gasteiger partial charge in [0.25, 0.3) is 5.91 Å². The number of hydrogen-bond acceptors (Lipinski definition) is 4. The van der Waals surface area contributed by atoms with Crippen LogP contribution in [0.4, 0.5) is 0 Å². The molecule has 1 atom stereocenters. The highest BCUT2D eigenvalue weighted by atomic mass is 16.5. The van der Waals surface area contributed by atoms with Crippen LogP contribution < -0.4 is 15.8 Å². The molecule has 6 heteroatoms. The molecule has 0 saturated carbocycles. The number of aryl methyl sites for hydroxylation is 1. The van der Waals surface area contributed by atoms with Crippen molar-refractivity contribution in [1.82, 2.24) is 15.1 Å². The van der Waals surface area contributed by atoms with E-state index >= 15 is 0 Å². The van der Waals surface area contributed by atoms with Crippen LogP contribution in [-0.4, -0.2) is 28.3 Å². The minimum Gasteiger partial charge on any atom is -0.484 e.